The molecule has 0 unspecified atom stereocenters. The van der Waals surface area contributed by atoms with E-state index in [4.69, 9.17) is 16.3 Å². The Labute approximate surface area is 124 Å². The molecule has 0 saturated heterocycles. The van der Waals surface area contributed by atoms with Crippen molar-refractivity contribution in [2.24, 2.45) is 0 Å². The van der Waals surface area contributed by atoms with Crippen LogP contribution in [0.4, 0.5) is 0 Å². The highest BCUT2D eigenvalue weighted by Gasteiger charge is 2.21. The molecule has 0 bridgehead atoms. The summed E-state index contributed by atoms with van der Waals surface area (Å²) in [4.78, 5) is 0. The highest BCUT2D eigenvalue weighted by atomic mass is 35.5. The van der Waals surface area contributed by atoms with E-state index in [0.717, 1.165) is 12.3 Å². The van der Waals surface area contributed by atoms with E-state index in [9.17, 15) is 0 Å². The van der Waals surface area contributed by atoms with E-state index < -0.39 is 0 Å². The molecule has 0 radical (unpaired) electrons. The van der Waals surface area contributed by atoms with Crippen LogP contribution in [0, 0.1) is 0 Å². The second kappa shape index (κ2) is 6.29. The maximum absolute atomic E-state index is 5.83. The van der Waals surface area contributed by atoms with Crippen LogP contribution in [-0.4, -0.2) is 12.6 Å². The van der Waals surface area contributed by atoms with Crippen molar-refractivity contribution in [3.05, 3.63) is 53.6 Å². The first-order valence-electron chi connectivity index (χ1n) is 7.00. The van der Waals surface area contributed by atoms with E-state index in [2.05, 4.69) is 35.6 Å². The molecular weight excluding hydrogens is 270 g/mol. The molecule has 2 nitrogen and oxygen atoms in total. The van der Waals surface area contributed by atoms with Gasteiger partial charge in [-0.05, 0) is 35.8 Å². The van der Waals surface area contributed by atoms with Gasteiger partial charge in [0.05, 0.1) is 0 Å². The fourth-order valence-corrected chi connectivity index (χ4v) is 2.41. The summed E-state index contributed by atoms with van der Waals surface area (Å²) in [6.45, 7) is 1.35. The third-order valence-corrected chi connectivity index (χ3v) is 3.74. The van der Waals surface area contributed by atoms with Crippen LogP contribution in [0.2, 0.25) is 0 Å². The van der Waals surface area contributed by atoms with E-state index in [1.54, 1.807) is 6.08 Å². The Kier molecular flexibility index (Phi) is 4.24. The van der Waals surface area contributed by atoms with Crippen molar-refractivity contribution in [1.82, 2.24) is 5.32 Å². The summed E-state index contributed by atoms with van der Waals surface area (Å²) in [5.74, 6) is 0.937. The fraction of sp³-hybridized carbons (Fsp3) is 0.294. The highest BCUT2D eigenvalue weighted by molar-refractivity contribution is 6.25. The van der Waals surface area contributed by atoms with E-state index in [1.165, 1.54) is 34.7 Å². The van der Waals surface area contributed by atoms with E-state index in [-0.39, 0.29) is 0 Å². The second-order valence-electron chi connectivity index (χ2n) is 5.09. The molecule has 0 heterocycles. The summed E-state index contributed by atoms with van der Waals surface area (Å²) in [6, 6.07) is 13.3. The quantitative estimate of drug-likeness (QED) is 0.859. The molecule has 1 aliphatic carbocycles. The number of hydrogen-bond acceptors (Lipinski definition) is 2. The number of nitrogens with one attached hydrogen (secondary N) is 1. The lowest BCUT2D eigenvalue weighted by atomic mass is 10.0. The van der Waals surface area contributed by atoms with Crippen molar-refractivity contribution in [2.45, 2.75) is 25.4 Å². The maximum atomic E-state index is 5.83. The van der Waals surface area contributed by atoms with Crippen molar-refractivity contribution < 1.29 is 4.74 Å². The van der Waals surface area contributed by atoms with Gasteiger partial charge >= 0.3 is 0 Å². The minimum Gasteiger partial charge on any atom is -0.489 e. The van der Waals surface area contributed by atoms with Crippen LogP contribution in [0.1, 0.15) is 18.4 Å². The molecule has 0 aliphatic heterocycles. The van der Waals surface area contributed by atoms with Crippen LogP contribution < -0.4 is 10.1 Å². The third-order valence-electron chi connectivity index (χ3n) is 3.57. The first-order chi connectivity index (χ1) is 9.88. The molecule has 20 heavy (non-hydrogen) atoms. The minimum atomic E-state index is 0.498. The molecule has 1 saturated carbocycles. The molecule has 3 heteroatoms. The molecule has 0 atom stereocenters. The van der Waals surface area contributed by atoms with Gasteiger partial charge in [0.2, 0.25) is 0 Å². The summed E-state index contributed by atoms with van der Waals surface area (Å²) >= 11 is 5.54. The largest absolute Gasteiger partial charge is 0.489 e. The lowest BCUT2D eigenvalue weighted by molar-refractivity contribution is 0.358. The molecule has 3 rings (SSSR count). The van der Waals surface area contributed by atoms with Gasteiger partial charge in [-0.3, -0.25) is 0 Å². The lowest BCUT2D eigenvalue weighted by Crippen LogP contribution is -2.16. The van der Waals surface area contributed by atoms with Gasteiger partial charge in [0.1, 0.15) is 12.4 Å². The van der Waals surface area contributed by atoms with Gasteiger partial charge in [-0.15, -0.1) is 0 Å². The standard InChI is InChI=1S/C17H18ClNO/c18-10-3-11-20-17-9-6-13-4-1-2-5-15(13)16(17)12-19-14-7-8-14/h1-6,9-10,14,19H,7-8,11-12H2/b10-3+. The van der Waals surface area contributed by atoms with Crippen LogP contribution in [-0.2, 0) is 6.54 Å². The van der Waals surface area contributed by atoms with Crippen molar-refractivity contribution in [3.63, 3.8) is 0 Å². The Morgan fingerprint density at radius 3 is 2.85 bits per heavy atom. The monoisotopic (exact) mass is 287 g/mol. The van der Waals surface area contributed by atoms with Crippen LogP contribution in [0.15, 0.2) is 48.0 Å². The summed E-state index contributed by atoms with van der Waals surface area (Å²) in [7, 11) is 0. The molecule has 0 aromatic heterocycles. The molecule has 2 aromatic rings. The first-order valence-corrected chi connectivity index (χ1v) is 7.44. The smallest absolute Gasteiger partial charge is 0.124 e. The predicted octanol–water partition coefficient (Wildman–Crippen LogP) is 4.22. The molecule has 0 spiro atoms. The fourth-order valence-electron chi connectivity index (χ4n) is 2.34. The van der Waals surface area contributed by atoms with Crippen molar-refractivity contribution in [2.75, 3.05) is 6.61 Å². The van der Waals surface area contributed by atoms with Crippen molar-refractivity contribution >= 4 is 22.4 Å². The van der Waals surface area contributed by atoms with Gasteiger partial charge in [-0.25, -0.2) is 0 Å². The number of ether oxygens (including phenoxy) is 1. The number of rotatable bonds is 6. The van der Waals surface area contributed by atoms with Gasteiger partial charge in [0.25, 0.3) is 0 Å². The molecule has 1 fully saturated rings. The SMILES string of the molecule is Cl/C=C/COc1ccc2ccccc2c1CNC1CC1. The van der Waals surface area contributed by atoms with Gasteiger partial charge in [-0.1, -0.05) is 41.9 Å². The van der Waals surface area contributed by atoms with Crippen LogP contribution in [0.3, 0.4) is 0 Å². The average molecular weight is 288 g/mol. The average Bonchev–Trinajstić information content (AvgIpc) is 3.30. The van der Waals surface area contributed by atoms with Gasteiger partial charge in [0, 0.05) is 23.7 Å². The van der Waals surface area contributed by atoms with E-state index in [0.29, 0.717) is 12.6 Å². The topological polar surface area (TPSA) is 21.3 Å². The Balaban J connectivity index is 1.91. The van der Waals surface area contributed by atoms with Gasteiger partial charge in [-0.2, -0.15) is 0 Å². The molecule has 1 N–H and O–H groups in total. The zero-order chi connectivity index (χ0) is 13.8. The van der Waals surface area contributed by atoms with Crippen molar-refractivity contribution in [1.29, 1.82) is 0 Å². The Morgan fingerprint density at radius 1 is 1.20 bits per heavy atom. The summed E-state index contributed by atoms with van der Waals surface area (Å²) < 4.78 is 5.83. The summed E-state index contributed by atoms with van der Waals surface area (Å²) in [6.07, 6.45) is 4.38. The van der Waals surface area contributed by atoms with Crippen LogP contribution in [0.25, 0.3) is 10.8 Å². The third kappa shape index (κ3) is 3.14. The second-order valence-corrected chi connectivity index (χ2v) is 5.34. The molecule has 2 aromatic carbocycles. The van der Waals surface area contributed by atoms with Crippen molar-refractivity contribution in [3.8, 4) is 5.75 Å². The number of halogens is 1. The molecule has 1 aliphatic rings. The minimum absolute atomic E-state index is 0.498. The van der Waals surface area contributed by atoms with Crippen LogP contribution in [0.5, 0.6) is 5.75 Å². The molecule has 104 valence electrons. The Morgan fingerprint density at radius 2 is 2.05 bits per heavy atom. The summed E-state index contributed by atoms with van der Waals surface area (Å²) in [5.41, 5.74) is 2.72. The normalized spacial score (nSPS) is 15.1. The van der Waals surface area contributed by atoms with Crippen LogP contribution >= 0.6 is 11.6 Å². The van der Waals surface area contributed by atoms with E-state index in [1.807, 2.05) is 6.07 Å². The number of hydrogen-bond donors (Lipinski definition) is 1. The summed E-state index contributed by atoms with van der Waals surface area (Å²) in [5, 5.41) is 6.08. The predicted molar refractivity (Wildman–Crippen MR) is 84.3 cm³/mol. The number of benzene rings is 2. The number of fused-ring (bicyclic) bond motifs is 1. The molecular formula is C17H18ClNO. The Bertz CT molecular complexity index is 619. The van der Waals surface area contributed by atoms with E-state index >= 15 is 0 Å². The first kappa shape index (κ1) is 13.5. The maximum Gasteiger partial charge on any atom is 0.124 e. The lowest BCUT2D eigenvalue weighted by Gasteiger charge is -2.14. The zero-order valence-electron chi connectivity index (χ0n) is 11.3. The Hall–Kier alpha value is -1.51. The highest BCUT2D eigenvalue weighted by Crippen LogP contribution is 2.29. The zero-order valence-corrected chi connectivity index (χ0v) is 12.1. The van der Waals surface area contributed by atoms with Gasteiger partial charge < -0.3 is 10.1 Å². The molecule has 0 amide bonds. The van der Waals surface area contributed by atoms with Gasteiger partial charge in [0.15, 0.2) is 0 Å².